The van der Waals surface area contributed by atoms with Crippen LogP contribution in [0.4, 0.5) is 13.2 Å². The monoisotopic (exact) mass is 408 g/mol. The molecule has 152 valence electrons. The first kappa shape index (κ1) is 19.8. The van der Waals surface area contributed by atoms with Gasteiger partial charge in [0.1, 0.15) is 12.4 Å². The van der Waals surface area contributed by atoms with Crippen molar-refractivity contribution >= 4 is 17.1 Å². The predicted molar refractivity (Wildman–Crippen MR) is 111 cm³/mol. The predicted octanol–water partition coefficient (Wildman–Crippen LogP) is 6.29. The van der Waals surface area contributed by atoms with Crippen LogP contribution in [0.2, 0.25) is 0 Å². The number of aromatic nitrogens is 1. The largest absolute Gasteiger partial charge is 0.489 e. The molecule has 4 aromatic rings. The fourth-order valence-corrected chi connectivity index (χ4v) is 3.38. The second kappa shape index (κ2) is 8.06. The number of alkyl halides is 3. The summed E-state index contributed by atoms with van der Waals surface area (Å²) in [5.41, 5.74) is 2.90. The molecule has 1 heterocycles. The lowest BCUT2D eigenvalue weighted by Crippen LogP contribution is -2.05. The van der Waals surface area contributed by atoms with Gasteiger partial charge >= 0.3 is 6.18 Å². The van der Waals surface area contributed by atoms with E-state index >= 15 is 0 Å². The molecule has 0 saturated carbocycles. The number of nitrogens with zero attached hydrogens (tertiary/aromatic N) is 1. The van der Waals surface area contributed by atoms with Gasteiger partial charge in [-0.15, -0.1) is 0 Å². The first-order chi connectivity index (χ1) is 14.4. The first-order valence-electron chi connectivity index (χ1n) is 9.40. The molecule has 30 heavy (non-hydrogen) atoms. The van der Waals surface area contributed by atoms with Crippen molar-refractivity contribution in [3.05, 3.63) is 101 Å². The van der Waals surface area contributed by atoms with Crippen molar-refractivity contribution in [3.8, 4) is 5.75 Å². The van der Waals surface area contributed by atoms with Gasteiger partial charge in [-0.2, -0.15) is 13.2 Å². The number of rotatable bonds is 6. The molecule has 0 amide bonds. The van der Waals surface area contributed by atoms with E-state index in [1.165, 1.54) is 18.3 Å². The summed E-state index contributed by atoms with van der Waals surface area (Å²) < 4.78 is 45.9. The number of fused-ring (bicyclic) bond motifs is 1. The molecule has 0 aliphatic heterocycles. The maximum Gasteiger partial charge on any atom is 0.416 e. The van der Waals surface area contributed by atoms with Crippen molar-refractivity contribution in [1.29, 1.82) is 5.41 Å². The summed E-state index contributed by atoms with van der Waals surface area (Å²) in [5.74, 6) is 0.600. The molecular weight excluding hydrogens is 389 g/mol. The summed E-state index contributed by atoms with van der Waals surface area (Å²) in [7, 11) is 0. The van der Waals surface area contributed by atoms with E-state index in [9.17, 15) is 13.2 Å². The van der Waals surface area contributed by atoms with Crippen LogP contribution in [0.1, 0.15) is 22.3 Å². The molecule has 3 aromatic carbocycles. The SMILES string of the molecule is N=Cc1cn(Cc2ccccc2)c2ccc(OCc3ccc(C(F)(F)F)cc3)cc12. The Morgan fingerprint density at radius 1 is 0.900 bits per heavy atom. The van der Waals surface area contributed by atoms with Gasteiger partial charge in [-0.05, 0) is 41.5 Å². The molecule has 0 radical (unpaired) electrons. The number of hydrogen-bond acceptors (Lipinski definition) is 2. The van der Waals surface area contributed by atoms with E-state index in [1.54, 1.807) is 0 Å². The molecule has 0 atom stereocenters. The van der Waals surface area contributed by atoms with Crippen LogP contribution in [0.3, 0.4) is 0 Å². The van der Waals surface area contributed by atoms with E-state index in [-0.39, 0.29) is 6.61 Å². The van der Waals surface area contributed by atoms with Crippen LogP contribution in [0.5, 0.6) is 5.75 Å². The summed E-state index contributed by atoms with van der Waals surface area (Å²) in [6.07, 6.45) is -1.10. The zero-order valence-electron chi connectivity index (χ0n) is 16.0. The van der Waals surface area contributed by atoms with E-state index in [1.807, 2.05) is 42.6 Å². The Labute approximate surface area is 171 Å². The van der Waals surface area contributed by atoms with E-state index in [2.05, 4.69) is 16.7 Å². The average Bonchev–Trinajstić information content (AvgIpc) is 3.09. The van der Waals surface area contributed by atoms with Crippen LogP contribution in [0.15, 0.2) is 79.0 Å². The molecule has 1 aromatic heterocycles. The lowest BCUT2D eigenvalue weighted by atomic mass is 10.1. The molecule has 0 aliphatic carbocycles. The maximum absolute atomic E-state index is 12.7. The second-order valence-corrected chi connectivity index (χ2v) is 7.00. The number of halogens is 3. The highest BCUT2D eigenvalue weighted by Gasteiger charge is 2.29. The Morgan fingerprint density at radius 3 is 2.30 bits per heavy atom. The number of ether oxygens (including phenoxy) is 1. The molecule has 0 bridgehead atoms. The third kappa shape index (κ3) is 4.22. The third-order valence-electron chi connectivity index (χ3n) is 4.92. The highest BCUT2D eigenvalue weighted by atomic mass is 19.4. The van der Waals surface area contributed by atoms with Crippen molar-refractivity contribution in [2.75, 3.05) is 0 Å². The number of hydrogen-bond donors (Lipinski definition) is 1. The number of nitrogens with one attached hydrogen (secondary N) is 1. The van der Waals surface area contributed by atoms with Crippen molar-refractivity contribution in [1.82, 2.24) is 4.57 Å². The van der Waals surface area contributed by atoms with Gasteiger partial charge in [-0.25, -0.2) is 0 Å². The fraction of sp³-hybridized carbons (Fsp3) is 0.125. The van der Waals surface area contributed by atoms with E-state index in [0.29, 0.717) is 17.9 Å². The second-order valence-electron chi connectivity index (χ2n) is 7.00. The van der Waals surface area contributed by atoms with Crippen LogP contribution >= 0.6 is 0 Å². The summed E-state index contributed by atoms with van der Waals surface area (Å²) in [4.78, 5) is 0. The summed E-state index contributed by atoms with van der Waals surface area (Å²) in [6, 6.07) is 20.6. The topological polar surface area (TPSA) is 38.0 Å². The highest BCUT2D eigenvalue weighted by molar-refractivity contribution is 5.99. The van der Waals surface area contributed by atoms with Crippen molar-refractivity contribution in [2.24, 2.45) is 0 Å². The lowest BCUT2D eigenvalue weighted by Gasteiger charge is -2.10. The Bertz CT molecular complexity index is 1160. The normalized spacial score (nSPS) is 11.6. The first-order valence-corrected chi connectivity index (χ1v) is 9.40. The molecule has 6 heteroatoms. The summed E-state index contributed by atoms with van der Waals surface area (Å²) >= 11 is 0. The molecule has 0 spiro atoms. The van der Waals surface area contributed by atoms with E-state index in [0.717, 1.165) is 34.2 Å². The Hall–Kier alpha value is -3.54. The molecule has 0 aliphatic rings. The van der Waals surface area contributed by atoms with Crippen LogP contribution in [-0.4, -0.2) is 10.8 Å². The minimum absolute atomic E-state index is 0.161. The zero-order valence-corrected chi connectivity index (χ0v) is 16.0. The van der Waals surface area contributed by atoms with E-state index in [4.69, 9.17) is 10.1 Å². The van der Waals surface area contributed by atoms with Crippen LogP contribution in [-0.2, 0) is 19.3 Å². The smallest absolute Gasteiger partial charge is 0.416 e. The summed E-state index contributed by atoms with van der Waals surface area (Å²) in [5, 5.41) is 8.62. The minimum atomic E-state index is -4.35. The quantitative estimate of drug-likeness (QED) is 0.374. The van der Waals surface area contributed by atoms with Gasteiger partial charge in [-0.3, -0.25) is 0 Å². The summed E-state index contributed by atoms with van der Waals surface area (Å²) in [6.45, 7) is 0.852. The van der Waals surface area contributed by atoms with Gasteiger partial charge in [0.05, 0.1) is 5.56 Å². The zero-order chi connectivity index (χ0) is 21.1. The Kier molecular flexibility index (Phi) is 5.31. The maximum atomic E-state index is 12.7. The van der Waals surface area contributed by atoms with Gasteiger partial charge in [0, 0.05) is 35.4 Å². The lowest BCUT2D eigenvalue weighted by molar-refractivity contribution is -0.137. The van der Waals surface area contributed by atoms with Gasteiger partial charge in [0.2, 0.25) is 0 Å². The molecule has 3 nitrogen and oxygen atoms in total. The van der Waals surface area contributed by atoms with Crippen molar-refractivity contribution in [2.45, 2.75) is 19.3 Å². The number of benzene rings is 3. The standard InChI is InChI=1S/C24H19F3N2O/c25-24(26,27)20-8-6-18(7-9-20)16-30-21-10-11-23-22(12-21)19(13-28)15-29(23)14-17-4-2-1-3-5-17/h1-13,15,28H,14,16H2. The van der Waals surface area contributed by atoms with Gasteiger partial charge in [0.25, 0.3) is 0 Å². The van der Waals surface area contributed by atoms with Gasteiger partial charge < -0.3 is 14.7 Å². The van der Waals surface area contributed by atoms with Crippen molar-refractivity contribution in [3.63, 3.8) is 0 Å². The average molecular weight is 408 g/mol. The van der Waals surface area contributed by atoms with Crippen LogP contribution in [0, 0.1) is 5.41 Å². The minimum Gasteiger partial charge on any atom is -0.489 e. The molecule has 0 saturated heterocycles. The Morgan fingerprint density at radius 2 is 1.63 bits per heavy atom. The van der Waals surface area contributed by atoms with Gasteiger partial charge in [-0.1, -0.05) is 42.5 Å². The molecular formula is C24H19F3N2O. The highest BCUT2D eigenvalue weighted by Crippen LogP contribution is 2.30. The molecule has 4 rings (SSSR count). The van der Waals surface area contributed by atoms with Crippen LogP contribution < -0.4 is 4.74 Å². The van der Waals surface area contributed by atoms with Crippen LogP contribution in [0.25, 0.3) is 10.9 Å². The Balaban J connectivity index is 1.54. The van der Waals surface area contributed by atoms with Gasteiger partial charge in [0.15, 0.2) is 0 Å². The molecule has 1 N–H and O–H groups in total. The fourth-order valence-electron chi connectivity index (χ4n) is 3.38. The van der Waals surface area contributed by atoms with Crippen molar-refractivity contribution < 1.29 is 17.9 Å². The third-order valence-corrected chi connectivity index (χ3v) is 4.92. The molecule has 0 fully saturated rings. The van der Waals surface area contributed by atoms with E-state index < -0.39 is 11.7 Å². The molecule has 0 unspecified atom stereocenters.